The van der Waals surface area contributed by atoms with Crippen molar-refractivity contribution >= 4 is 11.0 Å². The van der Waals surface area contributed by atoms with Gasteiger partial charge in [-0.15, -0.1) is 0 Å². The number of hydrogen-bond donors (Lipinski definition) is 1. The van der Waals surface area contributed by atoms with Gasteiger partial charge in [-0.2, -0.15) is 0 Å². The number of nitrogens with two attached hydrogens (primary N) is 1. The predicted octanol–water partition coefficient (Wildman–Crippen LogP) is 3.18. The van der Waals surface area contributed by atoms with Gasteiger partial charge in [-0.25, -0.2) is 9.37 Å². The predicted molar refractivity (Wildman–Crippen MR) is 74.5 cm³/mol. The van der Waals surface area contributed by atoms with Gasteiger partial charge in [0, 0.05) is 18.0 Å². The Morgan fingerprint density at radius 2 is 2.16 bits per heavy atom. The first kappa shape index (κ1) is 12.6. The van der Waals surface area contributed by atoms with Crippen molar-refractivity contribution in [1.29, 1.82) is 0 Å². The fourth-order valence-electron chi connectivity index (χ4n) is 2.94. The van der Waals surface area contributed by atoms with Crippen LogP contribution in [0.2, 0.25) is 0 Å². The summed E-state index contributed by atoms with van der Waals surface area (Å²) < 4.78 is 15.6. The van der Waals surface area contributed by atoms with E-state index in [0.29, 0.717) is 0 Å². The monoisotopic (exact) mass is 261 g/mol. The molecule has 1 aromatic heterocycles. The van der Waals surface area contributed by atoms with Gasteiger partial charge in [0.15, 0.2) is 0 Å². The van der Waals surface area contributed by atoms with Crippen LogP contribution in [0.4, 0.5) is 4.39 Å². The highest BCUT2D eigenvalue weighted by molar-refractivity contribution is 5.76. The van der Waals surface area contributed by atoms with Gasteiger partial charge >= 0.3 is 0 Å². The molecule has 1 fully saturated rings. The molecule has 0 unspecified atom stereocenters. The van der Waals surface area contributed by atoms with Crippen molar-refractivity contribution in [2.24, 2.45) is 5.73 Å². The third-order valence-corrected chi connectivity index (χ3v) is 4.10. The van der Waals surface area contributed by atoms with Crippen molar-refractivity contribution in [2.45, 2.75) is 51.1 Å². The van der Waals surface area contributed by atoms with Gasteiger partial charge in [0.25, 0.3) is 0 Å². The smallest absolute Gasteiger partial charge is 0.125 e. The van der Waals surface area contributed by atoms with Crippen LogP contribution < -0.4 is 5.73 Å². The SMILES string of the molecule is CC(C)n1c(CC2(N)CCC2)nc2ccc(F)cc21. The first-order chi connectivity index (χ1) is 8.98. The quantitative estimate of drug-likeness (QED) is 0.922. The van der Waals surface area contributed by atoms with Crippen molar-refractivity contribution < 1.29 is 4.39 Å². The Morgan fingerprint density at radius 1 is 1.42 bits per heavy atom. The zero-order valence-electron chi connectivity index (χ0n) is 11.5. The largest absolute Gasteiger partial charge is 0.325 e. The minimum absolute atomic E-state index is 0.105. The van der Waals surface area contributed by atoms with E-state index < -0.39 is 0 Å². The van der Waals surface area contributed by atoms with E-state index in [1.54, 1.807) is 12.1 Å². The summed E-state index contributed by atoms with van der Waals surface area (Å²) >= 11 is 0. The molecule has 0 radical (unpaired) electrons. The van der Waals surface area contributed by atoms with Gasteiger partial charge in [0.05, 0.1) is 11.0 Å². The fraction of sp³-hybridized carbons (Fsp3) is 0.533. The maximum absolute atomic E-state index is 13.4. The zero-order valence-corrected chi connectivity index (χ0v) is 11.5. The normalized spacial score (nSPS) is 17.9. The molecule has 0 amide bonds. The van der Waals surface area contributed by atoms with E-state index in [2.05, 4.69) is 23.4 Å². The highest BCUT2D eigenvalue weighted by Gasteiger charge is 2.34. The van der Waals surface area contributed by atoms with Crippen LogP contribution in [-0.4, -0.2) is 15.1 Å². The minimum Gasteiger partial charge on any atom is -0.325 e. The Kier molecular flexibility index (Phi) is 2.86. The Balaban J connectivity index is 2.09. The lowest BCUT2D eigenvalue weighted by molar-refractivity contribution is 0.240. The molecule has 0 aliphatic heterocycles. The van der Waals surface area contributed by atoms with E-state index in [1.165, 1.54) is 12.5 Å². The molecular formula is C15H20FN3. The molecular weight excluding hydrogens is 241 g/mol. The summed E-state index contributed by atoms with van der Waals surface area (Å²) in [5, 5.41) is 0. The van der Waals surface area contributed by atoms with E-state index in [4.69, 9.17) is 5.73 Å². The highest BCUT2D eigenvalue weighted by Crippen LogP contribution is 2.33. The summed E-state index contributed by atoms with van der Waals surface area (Å²) in [4.78, 5) is 4.66. The number of imidazole rings is 1. The molecule has 19 heavy (non-hydrogen) atoms. The molecule has 2 aromatic rings. The van der Waals surface area contributed by atoms with E-state index in [1.807, 2.05) is 0 Å². The molecule has 1 aliphatic carbocycles. The summed E-state index contributed by atoms with van der Waals surface area (Å²) in [5.41, 5.74) is 7.95. The number of hydrogen-bond acceptors (Lipinski definition) is 2. The van der Waals surface area contributed by atoms with E-state index >= 15 is 0 Å². The Bertz CT molecular complexity index is 611. The van der Waals surface area contributed by atoms with E-state index in [0.717, 1.165) is 36.1 Å². The number of benzene rings is 1. The fourth-order valence-corrected chi connectivity index (χ4v) is 2.94. The number of rotatable bonds is 3. The Hall–Kier alpha value is -1.42. The number of aromatic nitrogens is 2. The van der Waals surface area contributed by atoms with Crippen LogP contribution in [0, 0.1) is 5.82 Å². The molecule has 3 rings (SSSR count). The molecule has 2 N–H and O–H groups in total. The second kappa shape index (κ2) is 4.30. The van der Waals surface area contributed by atoms with Crippen LogP contribution in [0.25, 0.3) is 11.0 Å². The highest BCUT2D eigenvalue weighted by atomic mass is 19.1. The van der Waals surface area contributed by atoms with Gasteiger partial charge in [-0.1, -0.05) is 0 Å². The van der Waals surface area contributed by atoms with Gasteiger partial charge in [-0.3, -0.25) is 0 Å². The second-order valence-electron chi connectivity index (χ2n) is 6.02. The maximum atomic E-state index is 13.4. The zero-order chi connectivity index (χ0) is 13.6. The van der Waals surface area contributed by atoms with Gasteiger partial charge in [0.2, 0.25) is 0 Å². The Morgan fingerprint density at radius 3 is 2.74 bits per heavy atom. The van der Waals surface area contributed by atoms with Crippen molar-refractivity contribution in [3.8, 4) is 0 Å². The summed E-state index contributed by atoms with van der Waals surface area (Å²) in [6, 6.07) is 5.03. The van der Waals surface area contributed by atoms with Crippen molar-refractivity contribution in [3.63, 3.8) is 0 Å². The minimum atomic E-state index is -0.216. The first-order valence-electron chi connectivity index (χ1n) is 6.94. The molecule has 1 heterocycles. The van der Waals surface area contributed by atoms with Gasteiger partial charge in [-0.05, 0) is 51.3 Å². The lowest BCUT2D eigenvalue weighted by Crippen LogP contribution is -2.49. The summed E-state index contributed by atoms with van der Waals surface area (Å²) in [6.07, 6.45) is 4.10. The van der Waals surface area contributed by atoms with Crippen LogP contribution in [0.3, 0.4) is 0 Å². The lowest BCUT2D eigenvalue weighted by Gasteiger charge is -2.38. The molecule has 1 aromatic carbocycles. The van der Waals surface area contributed by atoms with Crippen LogP contribution in [0.15, 0.2) is 18.2 Å². The van der Waals surface area contributed by atoms with Crippen LogP contribution in [-0.2, 0) is 6.42 Å². The molecule has 0 saturated heterocycles. The molecule has 102 valence electrons. The summed E-state index contributed by atoms with van der Waals surface area (Å²) in [7, 11) is 0. The summed E-state index contributed by atoms with van der Waals surface area (Å²) in [5.74, 6) is 0.768. The topological polar surface area (TPSA) is 43.8 Å². The van der Waals surface area contributed by atoms with Gasteiger partial charge in [0.1, 0.15) is 11.6 Å². The van der Waals surface area contributed by atoms with E-state index in [9.17, 15) is 4.39 Å². The molecule has 0 bridgehead atoms. The van der Waals surface area contributed by atoms with Crippen LogP contribution >= 0.6 is 0 Å². The summed E-state index contributed by atoms with van der Waals surface area (Å²) in [6.45, 7) is 4.19. The second-order valence-corrected chi connectivity index (χ2v) is 6.02. The molecule has 0 atom stereocenters. The third kappa shape index (κ3) is 2.14. The average molecular weight is 261 g/mol. The van der Waals surface area contributed by atoms with Gasteiger partial charge < -0.3 is 10.3 Å². The number of halogens is 1. The van der Waals surface area contributed by atoms with Crippen LogP contribution in [0.5, 0.6) is 0 Å². The molecule has 1 aliphatic rings. The molecule has 4 heteroatoms. The van der Waals surface area contributed by atoms with Crippen molar-refractivity contribution in [2.75, 3.05) is 0 Å². The molecule has 0 spiro atoms. The number of nitrogens with zero attached hydrogens (tertiary/aromatic N) is 2. The maximum Gasteiger partial charge on any atom is 0.125 e. The molecule has 1 saturated carbocycles. The average Bonchev–Trinajstić information content (AvgIpc) is 2.64. The van der Waals surface area contributed by atoms with Crippen molar-refractivity contribution in [3.05, 3.63) is 29.8 Å². The standard InChI is InChI=1S/C15H20FN3/c1-10(2)19-13-8-11(16)4-5-12(13)18-14(19)9-15(17)6-3-7-15/h4-5,8,10H,3,6-7,9,17H2,1-2H3. The number of fused-ring (bicyclic) bond motifs is 1. The Labute approximate surface area is 112 Å². The third-order valence-electron chi connectivity index (χ3n) is 4.10. The first-order valence-corrected chi connectivity index (χ1v) is 6.94. The van der Waals surface area contributed by atoms with Crippen molar-refractivity contribution in [1.82, 2.24) is 9.55 Å². The van der Waals surface area contributed by atoms with E-state index in [-0.39, 0.29) is 17.4 Å². The van der Waals surface area contributed by atoms with Crippen LogP contribution in [0.1, 0.15) is 45.0 Å². The molecule has 3 nitrogen and oxygen atoms in total. The lowest BCUT2D eigenvalue weighted by atomic mass is 9.75.